The van der Waals surface area contributed by atoms with Crippen molar-refractivity contribution in [2.24, 2.45) is 0 Å². The van der Waals surface area contributed by atoms with Gasteiger partial charge in [-0.05, 0) is 52.3 Å². The van der Waals surface area contributed by atoms with Crippen molar-refractivity contribution in [1.29, 1.82) is 0 Å². The molecule has 0 saturated heterocycles. The molecule has 0 bridgehead atoms. The molecule has 1 aromatic heterocycles. The molecule has 3 rings (SSSR count). The van der Waals surface area contributed by atoms with Gasteiger partial charge in [0.1, 0.15) is 18.2 Å². The summed E-state index contributed by atoms with van der Waals surface area (Å²) in [6.45, 7) is 0.189. The van der Waals surface area contributed by atoms with Crippen LogP contribution in [0.2, 0.25) is 0 Å². The minimum absolute atomic E-state index is 0.189. The van der Waals surface area contributed by atoms with E-state index in [0.29, 0.717) is 25.9 Å². The van der Waals surface area contributed by atoms with Crippen LogP contribution in [0, 0.1) is 5.82 Å². The molecule has 3 aromatic rings. The van der Waals surface area contributed by atoms with E-state index in [1.165, 1.54) is 35.6 Å². The number of nitrogens with one attached hydrogen (secondary N) is 1. The summed E-state index contributed by atoms with van der Waals surface area (Å²) in [5.74, 6) is -0.0645. The van der Waals surface area contributed by atoms with Crippen molar-refractivity contribution in [1.82, 2.24) is 10.2 Å². The topological polar surface area (TPSA) is 64.1 Å². The Balaban J connectivity index is 1.60. The van der Waals surface area contributed by atoms with Crippen LogP contribution in [0.15, 0.2) is 53.0 Å². The van der Waals surface area contributed by atoms with Gasteiger partial charge in [0.15, 0.2) is 5.01 Å². The van der Waals surface area contributed by atoms with Crippen LogP contribution in [-0.2, 0) is 6.61 Å². The van der Waals surface area contributed by atoms with Crippen LogP contribution in [0.1, 0.15) is 15.4 Å². The Morgan fingerprint density at radius 2 is 1.92 bits per heavy atom. The van der Waals surface area contributed by atoms with Crippen molar-refractivity contribution < 1.29 is 13.9 Å². The SMILES string of the molecule is O=C(Nc1nnc(COc2ccc(F)cc2)s1)c1ccccc1Br. The van der Waals surface area contributed by atoms with Gasteiger partial charge in [-0.15, -0.1) is 10.2 Å². The summed E-state index contributed by atoms with van der Waals surface area (Å²) in [4.78, 5) is 12.2. The highest BCUT2D eigenvalue weighted by atomic mass is 79.9. The predicted molar refractivity (Wildman–Crippen MR) is 92.7 cm³/mol. The van der Waals surface area contributed by atoms with Crippen molar-refractivity contribution in [2.75, 3.05) is 5.32 Å². The Kier molecular flexibility index (Phi) is 5.17. The fourth-order valence-corrected chi connectivity index (χ4v) is 2.96. The first-order chi connectivity index (χ1) is 11.6. The molecule has 1 N–H and O–H groups in total. The molecule has 24 heavy (non-hydrogen) atoms. The second-order valence-electron chi connectivity index (χ2n) is 4.68. The second kappa shape index (κ2) is 7.50. The highest BCUT2D eigenvalue weighted by molar-refractivity contribution is 9.10. The molecule has 0 fully saturated rings. The molecule has 0 atom stereocenters. The minimum atomic E-state index is -0.324. The number of aromatic nitrogens is 2. The number of ether oxygens (including phenoxy) is 1. The first-order valence-electron chi connectivity index (χ1n) is 6.88. The van der Waals surface area contributed by atoms with Gasteiger partial charge in [0.05, 0.1) is 5.56 Å². The molecule has 0 spiro atoms. The lowest BCUT2D eigenvalue weighted by Gasteiger charge is -2.03. The van der Waals surface area contributed by atoms with E-state index in [9.17, 15) is 9.18 Å². The lowest BCUT2D eigenvalue weighted by molar-refractivity contribution is 0.102. The Morgan fingerprint density at radius 3 is 2.67 bits per heavy atom. The zero-order valence-electron chi connectivity index (χ0n) is 12.2. The highest BCUT2D eigenvalue weighted by Crippen LogP contribution is 2.21. The van der Waals surface area contributed by atoms with Gasteiger partial charge in [0.2, 0.25) is 5.13 Å². The number of hydrogen-bond acceptors (Lipinski definition) is 5. The molecule has 0 aliphatic rings. The number of anilines is 1. The molecule has 0 unspecified atom stereocenters. The fraction of sp³-hybridized carbons (Fsp3) is 0.0625. The monoisotopic (exact) mass is 407 g/mol. The molecule has 0 radical (unpaired) electrons. The average molecular weight is 408 g/mol. The lowest BCUT2D eigenvalue weighted by Crippen LogP contribution is -2.12. The van der Waals surface area contributed by atoms with Crippen molar-refractivity contribution >= 4 is 38.3 Å². The quantitative estimate of drug-likeness (QED) is 0.685. The number of benzene rings is 2. The molecule has 0 aliphatic carbocycles. The number of rotatable bonds is 5. The molecule has 1 heterocycles. The van der Waals surface area contributed by atoms with Gasteiger partial charge < -0.3 is 4.74 Å². The summed E-state index contributed by atoms with van der Waals surface area (Å²) in [5, 5.41) is 11.6. The summed E-state index contributed by atoms with van der Waals surface area (Å²) >= 11 is 4.55. The van der Waals surface area contributed by atoms with E-state index < -0.39 is 0 Å². The Labute approximate surface area is 149 Å². The van der Waals surface area contributed by atoms with Gasteiger partial charge in [-0.25, -0.2) is 4.39 Å². The summed E-state index contributed by atoms with van der Waals surface area (Å²) in [6.07, 6.45) is 0. The van der Waals surface area contributed by atoms with Crippen molar-refractivity contribution in [2.45, 2.75) is 6.61 Å². The number of halogens is 2. The van der Waals surface area contributed by atoms with Gasteiger partial charge in [0.25, 0.3) is 5.91 Å². The number of carbonyl (C=O) groups excluding carboxylic acids is 1. The first-order valence-corrected chi connectivity index (χ1v) is 8.49. The largest absolute Gasteiger partial charge is 0.486 e. The van der Waals surface area contributed by atoms with Gasteiger partial charge in [-0.1, -0.05) is 23.5 Å². The molecule has 0 saturated carbocycles. The third-order valence-corrected chi connectivity index (χ3v) is 4.49. The maximum atomic E-state index is 12.8. The van der Waals surface area contributed by atoms with Gasteiger partial charge in [0, 0.05) is 4.47 Å². The molecule has 5 nitrogen and oxygen atoms in total. The van der Waals surface area contributed by atoms with Crippen molar-refractivity contribution in [3.63, 3.8) is 0 Å². The number of carbonyl (C=O) groups is 1. The number of amides is 1. The summed E-state index contributed by atoms with van der Waals surface area (Å²) in [5.41, 5.74) is 0.511. The van der Waals surface area contributed by atoms with Crippen LogP contribution in [0.25, 0.3) is 0 Å². The lowest BCUT2D eigenvalue weighted by atomic mass is 10.2. The smallest absolute Gasteiger partial charge is 0.258 e. The Hall–Kier alpha value is -2.32. The zero-order chi connectivity index (χ0) is 16.9. The van der Waals surface area contributed by atoms with Crippen LogP contribution in [-0.4, -0.2) is 16.1 Å². The van der Waals surface area contributed by atoms with Gasteiger partial charge in [-0.2, -0.15) is 0 Å². The summed E-state index contributed by atoms with van der Waals surface area (Å²) in [6, 6.07) is 12.8. The summed E-state index contributed by atoms with van der Waals surface area (Å²) < 4.78 is 19.0. The van der Waals surface area contributed by atoms with Crippen molar-refractivity contribution in [3.05, 3.63) is 69.4 Å². The van der Waals surface area contributed by atoms with Crippen LogP contribution >= 0.6 is 27.3 Å². The van der Waals surface area contributed by atoms with E-state index in [-0.39, 0.29) is 18.3 Å². The zero-order valence-corrected chi connectivity index (χ0v) is 14.6. The molecular weight excluding hydrogens is 397 g/mol. The standard InChI is InChI=1S/C16H11BrFN3O2S/c17-13-4-2-1-3-12(13)15(22)19-16-21-20-14(24-16)9-23-11-7-5-10(18)6-8-11/h1-8H,9H2,(H,19,21,22). The van der Waals surface area contributed by atoms with E-state index in [0.717, 1.165) is 0 Å². The first kappa shape index (κ1) is 16.5. The fourth-order valence-electron chi connectivity index (χ4n) is 1.85. The molecule has 0 aliphatic heterocycles. The molecule has 2 aromatic carbocycles. The van der Waals surface area contributed by atoms with Gasteiger partial charge in [-0.3, -0.25) is 10.1 Å². The Morgan fingerprint density at radius 1 is 1.17 bits per heavy atom. The van der Waals surface area contributed by atoms with Crippen LogP contribution in [0.3, 0.4) is 0 Å². The second-order valence-corrected chi connectivity index (χ2v) is 6.59. The van der Waals surface area contributed by atoms with Gasteiger partial charge >= 0.3 is 0 Å². The van der Waals surface area contributed by atoms with E-state index >= 15 is 0 Å². The van der Waals surface area contributed by atoms with Crippen LogP contribution in [0.5, 0.6) is 5.75 Å². The Bertz CT molecular complexity index is 855. The maximum absolute atomic E-state index is 12.8. The predicted octanol–water partition coefficient (Wildman–Crippen LogP) is 4.27. The third-order valence-electron chi connectivity index (χ3n) is 2.98. The van der Waals surface area contributed by atoms with E-state index in [2.05, 4.69) is 31.4 Å². The molecule has 8 heteroatoms. The normalized spacial score (nSPS) is 10.4. The van der Waals surface area contributed by atoms with E-state index in [1.54, 1.807) is 18.2 Å². The van der Waals surface area contributed by atoms with E-state index in [4.69, 9.17) is 4.74 Å². The third kappa shape index (κ3) is 4.15. The minimum Gasteiger partial charge on any atom is -0.486 e. The average Bonchev–Trinajstić information content (AvgIpc) is 3.02. The molecule has 1 amide bonds. The van der Waals surface area contributed by atoms with Crippen LogP contribution in [0.4, 0.5) is 9.52 Å². The van der Waals surface area contributed by atoms with Crippen molar-refractivity contribution in [3.8, 4) is 5.75 Å². The highest BCUT2D eigenvalue weighted by Gasteiger charge is 2.12. The van der Waals surface area contributed by atoms with E-state index in [1.807, 2.05) is 6.07 Å². The van der Waals surface area contributed by atoms with Crippen LogP contribution < -0.4 is 10.1 Å². The molecule has 122 valence electrons. The molecular formula is C16H11BrFN3O2S. The maximum Gasteiger partial charge on any atom is 0.258 e. The number of nitrogens with zero attached hydrogens (tertiary/aromatic N) is 2. The summed E-state index contributed by atoms with van der Waals surface area (Å²) in [7, 11) is 0. The number of hydrogen-bond donors (Lipinski definition) is 1.